The number of fused-ring (bicyclic) bond motifs is 1. The Balaban J connectivity index is 1.41. The molecule has 0 unspecified atom stereocenters. The molecule has 0 saturated carbocycles. The number of hydrogen-bond acceptors (Lipinski definition) is 9. The second-order valence-electron chi connectivity index (χ2n) is 12.3. The third-order valence-corrected chi connectivity index (χ3v) is 11.3. The van der Waals surface area contributed by atoms with Crippen molar-refractivity contribution >= 4 is 31.8 Å². The van der Waals surface area contributed by atoms with Gasteiger partial charge in [0.1, 0.15) is 22.9 Å². The summed E-state index contributed by atoms with van der Waals surface area (Å²) < 4.78 is 114. The van der Waals surface area contributed by atoms with E-state index in [9.17, 15) is 34.8 Å². The van der Waals surface area contributed by atoms with Crippen LogP contribution in [0.25, 0.3) is 0 Å². The van der Waals surface area contributed by atoms with Crippen LogP contribution in [-0.2, 0) is 35.8 Å². The molecule has 11 nitrogen and oxygen atoms in total. The molecule has 0 aromatic heterocycles. The number of nitrogens with two attached hydrogens (primary N) is 1. The van der Waals surface area contributed by atoms with Crippen LogP contribution in [0.5, 0.6) is 17.2 Å². The highest BCUT2D eigenvalue weighted by Crippen LogP contribution is 2.40. The van der Waals surface area contributed by atoms with Crippen molar-refractivity contribution in [2.75, 3.05) is 19.4 Å². The van der Waals surface area contributed by atoms with Crippen molar-refractivity contribution in [3.05, 3.63) is 76.6 Å². The third-order valence-electron chi connectivity index (χ3n) is 8.00. The molecule has 1 aliphatic rings. The number of carbonyl (C=O) groups is 1. The highest BCUT2D eigenvalue weighted by Gasteiger charge is 2.32. The highest BCUT2D eigenvalue weighted by molar-refractivity contribution is 7.91. The molecule has 1 atom stereocenters. The van der Waals surface area contributed by atoms with Gasteiger partial charge in [0.15, 0.2) is 27.2 Å². The number of nitrogens with one attached hydrogen (secondary N) is 1. The lowest BCUT2D eigenvalue weighted by Crippen LogP contribution is -2.38. The van der Waals surface area contributed by atoms with E-state index in [0.29, 0.717) is 41.9 Å². The highest BCUT2D eigenvalue weighted by atomic mass is 32.2. The Morgan fingerprint density at radius 3 is 2.31 bits per heavy atom. The van der Waals surface area contributed by atoms with E-state index in [4.69, 9.17) is 19.9 Å². The van der Waals surface area contributed by atoms with Crippen molar-refractivity contribution in [2.24, 2.45) is 16.6 Å². The number of nitrogens with zero attached hydrogens (tertiary/aromatic N) is 1. The van der Waals surface area contributed by atoms with Crippen LogP contribution >= 0.6 is 0 Å². The van der Waals surface area contributed by atoms with E-state index in [1.54, 1.807) is 13.8 Å². The molecule has 1 aliphatic heterocycles. The summed E-state index contributed by atoms with van der Waals surface area (Å²) in [5.74, 6) is -6.96. The fourth-order valence-corrected chi connectivity index (χ4v) is 8.30. The zero-order chi connectivity index (χ0) is 36.3. The van der Waals surface area contributed by atoms with E-state index in [0.717, 1.165) is 36.9 Å². The first kappa shape index (κ1) is 37.5. The van der Waals surface area contributed by atoms with Crippen LogP contribution in [-0.4, -0.2) is 53.8 Å². The minimum Gasteiger partial charge on any atom is -0.487 e. The molecule has 3 N–H and O–H groups in total. The predicted octanol–water partition coefficient (Wildman–Crippen LogP) is 5.25. The Labute approximate surface area is 283 Å². The van der Waals surface area contributed by atoms with Crippen LogP contribution < -0.4 is 19.9 Å². The van der Waals surface area contributed by atoms with Gasteiger partial charge in [-0.15, -0.1) is 0 Å². The van der Waals surface area contributed by atoms with Crippen molar-refractivity contribution in [1.82, 2.24) is 4.72 Å². The molecule has 0 fully saturated rings. The van der Waals surface area contributed by atoms with Gasteiger partial charge in [0.05, 0.1) is 28.6 Å². The SMILES string of the molecule is COC(=O)[C@@H](CCCN=C(N)NS(=O)(=O)c1cc(C)c2c(c1C)CCC(C)(C)O2)CS(=O)(=O)c1cc(F)c(Oc2ccc(F)cc2)c(F)c1. The molecular formula is C33H38F3N3O8S2. The van der Waals surface area contributed by atoms with E-state index in [1.807, 2.05) is 13.8 Å². The van der Waals surface area contributed by atoms with Gasteiger partial charge in [-0.25, -0.2) is 34.7 Å². The fraction of sp³-hybridized carbons (Fsp3) is 0.394. The average molecular weight is 726 g/mol. The number of methoxy groups -OCH3 is 1. The first-order valence-electron chi connectivity index (χ1n) is 15.2. The zero-order valence-corrected chi connectivity index (χ0v) is 29.2. The van der Waals surface area contributed by atoms with Crippen LogP contribution in [0.4, 0.5) is 13.2 Å². The van der Waals surface area contributed by atoms with Crippen molar-refractivity contribution in [3.8, 4) is 17.2 Å². The zero-order valence-electron chi connectivity index (χ0n) is 27.6. The topological polar surface area (TPSA) is 163 Å². The second kappa shape index (κ2) is 14.7. The van der Waals surface area contributed by atoms with Crippen LogP contribution in [0.3, 0.4) is 0 Å². The molecule has 0 spiro atoms. The van der Waals surface area contributed by atoms with Crippen LogP contribution in [0.1, 0.15) is 49.8 Å². The van der Waals surface area contributed by atoms with Crippen molar-refractivity contribution < 1.29 is 49.0 Å². The van der Waals surface area contributed by atoms with E-state index in [-0.39, 0.29) is 35.6 Å². The third kappa shape index (κ3) is 9.03. The molecule has 0 radical (unpaired) electrons. The van der Waals surface area contributed by atoms with Gasteiger partial charge in [0.2, 0.25) is 5.96 Å². The summed E-state index contributed by atoms with van der Waals surface area (Å²) in [7, 11) is -7.50. The van der Waals surface area contributed by atoms with Gasteiger partial charge >= 0.3 is 5.97 Å². The number of esters is 1. The van der Waals surface area contributed by atoms with Gasteiger partial charge in [-0.1, -0.05) is 0 Å². The lowest BCUT2D eigenvalue weighted by molar-refractivity contribution is -0.144. The van der Waals surface area contributed by atoms with Crippen molar-refractivity contribution in [1.29, 1.82) is 0 Å². The number of halogens is 3. The summed E-state index contributed by atoms with van der Waals surface area (Å²) in [6.07, 6.45) is 1.34. The molecule has 3 aromatic carbocycles. The maximum absolute atomic E-state index is 14.8. The number of sulfone groups is 1. The molecule has 0 aliphatic carbocycles. The lowest BCUT2D eigenvalue weighted by atomic mass is 9.90. The summed E-state index contributed by atoms with van der Waals surface area (Å²) in [4.78, 5) is 15.8. The summed E-state index contributed by atoms with van der Waals surface area (Å²) in [6.45, 7) is 7.31. The average Bonchev–Trinajstić information content (AvgIpc) is 3.01. The number of guanidine groups is 1. The number of carbonyl (C=O) groups excluding carboxylic acids is 1. The number of benzene rings is 3. The molecule has 0 bridgehead atoms. The maximum Gasteiger partial charge on any atom is 0.309 e. The lowest BCUT2D eigenvalue weighted by Gasteiger charge is -2.35. The number of hydrogen-bond donors (Lipinski definition) is 2. The summed E-state index contributed by atoms with van der Waals surface area (Å²) in [5, 5.41) is 0. The number of ether oxygens (including phenoxy) is 3. The normalized spacial score (nSPS) is 15.1. The minimum absolute atomic E-state index is 0.0316. The Morgan fingerprint density at radius 2 is 1.69 bits per heavy atom. The molecule has 49 heavy (non-hydrogen) atoms. The Morgan fingerprint density at radius 1 is 1.06 bits per heavy atom. The molecule has 266 valence electrons. The number of rotatable bonds is 12. The summed E-state index contributed by atoms with van der Waals surface area (Å²) >= 11 is 0. The predicted molar refractivity (Wildman–Crippen MR) is 175 cm³/mol. The van der Waals surface area contributed by atoms with Gasteiger partial charge in [0.25, 0.3) is 10.0 Å². The first-order chi connectivity index (χ1) is 22.8. The molecule has 0 saturated heterocycles. The Bertz CT molecular complexity index is 1960. The molecule has 3 aromatic rings. The molecule has 16 heteroatoms. The van der Waals surface area contributed by atoms with Gasteiger partial charge in [-0.3, -0.25) is 9.79 Å². The molecule has 1 heterocycles. The summed E-state index contributed by atoms with van der Waals surface area (Å²) in [5.41, 5.74) is 7.51. The minimum atomic E-state index is -4.43. The van der Waals surface area contributed by atoms with Crippen molar-refractivity contribution in [3.63, 3.8) is 0 Å². The maximum atomic E-state index is 14.8. The fourth-order valence-electron chi connectivity index (χ4n) is 5.40. The van der Waals surface area contributed by atoms with E-state index < -0.39 is 71.6 Å². The van der Waals surface area contributed by atoms with Gasteiger partial charge in [0, 0.05) is 6.54 Å². The number of sulfonamides is 1. The Kier molecular flexibility index (Phi) is 11.2. The monoisotopic (exact) mass is 725 g/mol. The van der Waals surface area contributed by atoms with E-state index in [2.05, 4.69) is 9.71 Å². The second-order valence-corrected chi connectivity index (χ2v) is 16.0. The quantitative estimate of drug-likeness (QED) is 0.110. The smallest absolute Gasteiger partial charge is 0.309 e. The molecular weight excluding hydrogens is 688 g/mol. The van der Waals surface area contributed by atoms with Gasteiger partial charge in [-0.2, -0.15) is 0 Å². The van der Waals surface area contributed by atoms with Crippen LogP contribution in [0, 0.1) is 37.2 Å². The van der Waals surface area contributed by atoms with E-state index >= 15 is 0 Å². The van der Waals surface area contributed by atoms with Crippen LogP contribution in [0.2, 0.25) is 0 Å². The standard InChI is InChI=1S/C33H38F3N3O8S2/c1-19-15-28(20(2)25-12-13-33(3,4)47-29(19)25)49(43,44)39-32(37)38-14-6-7-21(31(40)45-5)18-48(41,42)24-16-26(35)30(27(36)17-24)46-23-10-8-22(34)9-11-23/h8-11,15-17,21H,6-7,12-14,18H2,1-5H3,(H3,37,38,39)/t21-/m0/s1. The first-order valence-corrected chi connectivity index (χ1v) is 18.3. The van der Waals surface area contributed by atoms with Crippen LogP contribution in [0.15, 0.2) is 57.2 Å². The van der Waals surface area contributed by atoms with E-state index in [1.165, 1.54) is 6.07 Å². The summed E-state index contributed by atoms with van der Waals surface area (Å²) in [6, 6.07) is 6.94. The largest absolute Gasteiger partial charge is 0.487 e. The molecule has 4 rings (SSSR count). The van der Waals surface area contributed by atoms with Gasteiger partial charge < -0.3 is 19.9 Å². The van der Waals surface area contributed by atoms with Gasteiger partial charge in [-0.05, 0) is 113 Å². The number of aryl methyl sites for hydroxylation is 1. The number of aliphatic imine (C=N–C) groups is 1. The molecule has 0 amide bonds. The Hall–Kier alpha value is -4.31. The van der Waals surface area contributed by atoms with Crippen molar-refractivity contribution in [2.45, 2.75) is 68.8 Å².